The summed E-state index contributed by atoms with van der Waals surface area (Å²) in [6.45, 7) is 8.07. The first-order chi connectivity index (χ1) is 9.76. The lowest BCUT2D eigenvalue weighted by Gasteiger charge is -2.26. The molecule has 1 unspecified atom stereocenters. The lowest BCUT2D eigenvalue weighted by atomic mass is 9.99. The zero-order valence-electron chi connectivity index (χ0n) is 12.8. The van der Waals surface area contributed by atoms with Gasteiger partial charge < -0.3 is 10.1 Å². The van der Waals surface area contributed by atoms with E-state index in [4.69, 9.17) is 4.74 Å². The monoisotopic (exact) mass is 275 g/mol. The van der Waals surface area contributed by atoms with Gasteiger partial charge in [-0.3, -0.25) is 0 Å². The fourth-order valence-electron chi connectivity index (χ4n) is 2.49. The Labute approximate surface area is 121 Å². The highest BCUT2D eigenvalue weighted by atomic mass is 16.5. The van der Waals surface area contributed by atoms with E-state index in [-0.39, 0.29) is 6.04 Å². The van der Waals surface area contributed by atoms with Crippen molar-refractivity contribution in [2.24, 2.45) is 0 Å². The molecule has 20 heavy (non-hydrogen) atoms. The van der Waals surface area contributed by atoms with Gasteiger partial charge in [0.15, 0.2) is 0 Å². The van der Waals surface area contributed by atoms with Crippen LogP contribution in [-0.2, 0) is 11.2 Å². The molecule has 0 amide bonds. The molecule has 4 nitrogen and oxygen atoms in total. The van der Waals surface area contributed by atoms with Crippen LogP contribution in [0.5, 0.6) is 0 Å². The topological polar surface area (TPSA) is 47.0 Å². The van der Waals surface area contributed by atoms with Crippen LogP contribution in [-0.4, -0.2) is 23.3 Å². The van der Waals surface area contributed by atoms with Crippen LogP contribution in [0, 0.1) is 6.92 Å². The molecule has 0 saturated carbocycles. The Morgan fingerprint density at radius 1 is 1.35 bits per heavy atom. The van der Waals surface area contributed by atoms with E-state index >= 15 is 0 Å². The zero-order valence-corrected chi connectivity index (χ0v) is 12.8. The minimum Gasteiger partial charge on any atom is -0.496 e. The van der Waals surface area contributed by atoms with Crippen molar-refractivity contribution in [1.29, 1.82) is 0 Å². The third-order valence-electron chi connectivity index (χ3n) is 3.52. The predicted molar refractivity (Wildman–Crippen MR) is 80.5 cm³/mol. The number of hydrogen-bond donors (Lipinski definition) is 1. The summed E-state index contributed by atoms with van der Waals surface area (Å²) in [5.41, 5.74) is 3.22. The van der Waals surface area contributed by atoms with Crippen molar-refractivity contribution < 1.29 is 4.74 Å². The lowest BCUT2D eigenvalue weighted by molar-refractivity contribution is 0.167. The fourth-order valence-corrected chi connectivity index (χ4v) is 2.49. The molecule has 0 radical (unpaired) electrons. The number of ether oxygens (including phenoxy) is 1. The fraction of sp³-hybridized carbons (Fsp3) is 0.625. The molecule has 1 atom stereocenters. The van der Waals surface area contributed by atoms with Crippen molar-refractivity contribution in [1.82, 2.24) is 15.5 Å². The number of aromatic nitrogens is 2. The molecule has 0 bridgehead atoms. The van der Waals surface area contributed by atoms with Gasteiger partial charge in [0.25, 0.3) is 0 Å². The van der Waals surface area contributed by atoms with Gasteiger partial charge >= 0.3 is 0 Å². The van der Waals surface area contributed by atoms with Crippen LogP contribution in [0.25, 0.3) is 0 Å². The van der Waals surface area contributed by atoms with Crippen LogP contribution in [0.15, 0.2) is 17.9 Å². The standard InChI is InChI=1S/C16H25N3O/c1-4-9-17-16(15-8-6-7-10-20-15)13-11-12(3)18-19-14(13)5-2/h8,11,16-17H,4-7,9-10H2,1-3H3. The number of nitrogens with one attached hydrogen (secondary N) is 1. The van der Waals surface area contributed by atoms with Crippen molar-refractivity contribution >= 4 is 0 Å². The molecule has 1 aliphatic heterocycles. The van der Waals surface area contributed by atoms with E-state index in [9.17, 15) is 0 Å². The van der Waals surface area contributed by atoms with E-state index in [2.05, 4.69) is 41.5 Å². The Morgan fingerprint density at radius 3 is 2.85 bits per heavy atom. The van der Waals surface area contributed by atoms with Crippen molar-refractivity contribution in [3.63, 3.8) is 0 Å². The normalized spacial score (nSPS) is 16.4. The Kier molecular flexibility index (Phi) is 5.53. The van der Waals surface area contributed by atoms with E-state index in [1.54, 1.807) is 0 Å². The summed E-state index contributed by atoms with van der Waals surface area (Å²) < 4.78 is 5.88. The highest BCUT2D eigenvalue weighted by Gasteiger charge is 2.22. The third-order valence-corrected chi connectivity index (χ3v) is 3.52. The molecule has 0 fully saturated rings. The second-order valence-corrected chi connectivity index (χ2v) is 5.23. The molecule has 1 aromatic rings. The largest absolute Gasteiger partial charge is 0.496 e. The molecule has 0 saturated heterocycles. The molecule has 4 heteroatoms. The summed E-state index contributed by atoms with van der Waals surface area (Å²) in [5.74, 6) is 1.05. The third kappa shape index (κ3) is 3.57. The minimum atomic E-state index is 0.111. The molecule has 110 valence electrons. The summed E-state index contributed by atoms with van der Waals surface area (Å²) in [6.07, 6.45) is 6.41. The second-order valence-electron chi connectivity index (χ2n) is 5.23. The van der Waals surface area contributed by atoms with Gasteiger partial charge in [-0.1, -0.05) is 13.8 Å². The molecular weight excluding hydrogens is 250 g/mol. The van der Waals surface area contributed by atoms with E-state index in [1.807, 2.05) is 6.92 Å². The Balaban J connectivity index is 2.34. The molecule has 0 spiro atoms. The van der Waals surface area contributed by atoms with E-state index in [0.717, 1.165) is 56.0 Å². The Bertz CT molecular complexity index is 471. The van der Waals surface area contributed by atoms with Crippen molar-refractivity contribution in [3.05, 3.63) is 34.9 Å². The van der Waals surface area contributed by atoms with Gasteiger partial charge in [0.05, 0.1) is 24.0 Å². The van der Waals surface area contributed by atoms with Gasteiger partial charge in [-0.2, -0.15) is 10.2 Å². The van der Waals surface area contributed by atoms with Gasteiger partial charge in [0, 0.05) is 5.56 Å². The molecule has 2 rings (SSSR count). The zero-order chi connectivity index (χ0) is 14.4. The average molecular weight is 275 g/mol. The molecule has 0 aliphatic carbocycles. The first-order valence-electron chi connectivity index (χ1n) is 7.65. The van der Waals surface area contributed by atoms with Crippen LogP contribution in [0.3, 0.4) is 0 Å². The predicted octanol–water partition coefficient (Wildman–Crippen LogP) is 3.08. The average Bonchev–Trinajstić information content (AvgIpc) is 2.49. The highest BCUT2D eigenvalue weighted by molar-refractivity contribution is 5.30. The van der Waals surface area contributed by atoms with Crippen molar-refractivity contribution in [2.45, 2.75) is 52.5 Å². The van der Waals surface area contributed by atoms with Gasteiger partial charge in [-0.05, 0) is 51.3 Å². The summed E-state index contributed by atoms with van der Waals surface area (Å²) in [6, 6.07) is 2.25. The molecule has 0 aromatic carbocycles. The highest BCUT2D eigenvalue weighted by Crippen LogP contribution is 2.28. The van der Waals surface area contributed by atoms with Crippen LogP contribution in [0.1, 0.15) is 56.1 Å². The number of aryl methyl sites for hydroxylation is 2. The van der Waals surface area contributed by atoms with Crippen LogP contribution < -0.4 is 5.32 Å². The minimum absolute atomic E-state index is 0.111. The maximum Gasteiger partial charge on any atom is 0.113 e. The first-order valence-corrected chi connectivity index (χ1v) is 7.65. The van der Waals surface area contributed by atoms with Gasteiger partial charge in [-0.15, -0.1) is 0 Å². The second kappa shape index (κ2) is 7.39. The molecular formula is C16H25N3O. The Hall–Kier alpha value is -1.42. The number of hydrogen-bond acceptors (Lipinski definition) is 4. The summed E-state index contributed by atoms with van der Waals surface area (Å²) in [7, 11) is 0. The molecule has 2 heterocycles. The Morgan fingerprint density at radius 2 is 2.20 bits per heavy atom. The summed E-state index contributed by atoms with van der Waals surface area (Å²) >= 11 is 0. The van der Waals surface area contributed by atoms with Crippen LogP contribution in [0.2, 0.25) is 0 Å². The summed E-state index contributed by atoms with van der Waals surface area (Å²) in [4.78, 5) is 0. The van der Waals surface area contributed by atoms with Crippen LogP contribution in [0.4, 0.5) is 0 Å². The summed E-state index contributed by atoms with van der Waals surface area (Å²) in [5, 5.41) is 12.1. The van der Waals surface area contributed by atoms with E-state index in [0.29, 0.717) is 0 Å². The maximum absolute atomic E-state index is 5.88. The molecule has 1 N–H and O–H groups in total. The van der Waals surface area contributed by atoms with Gasteiger partial charge in [0.2, 0.25) is 0 Å². The number of allylic oxidation sites excluding steroid dienone is 1. The number of nitrogens with zero attached hydrogens (tertiary/aromatic N) is 2. The number of rotatable bonds is 6. The first kappa shape index (κ1) is 15.0. The van der Waals surface area contributed by atoms with Crippen molar-refractivity contribution in [2.75, 3.05) is 13.2 Å². The van der Waals surface area contributed by atoms with E-state index < -0.39 is 0 Å². The van der Waals surface area contributed by atoms with Crippen LogP contribution >= 0.6 is 0 Å². The molecule has 1 aromatic heterocycles. The van der Waals surface area contributed by atoms with Gasteiger partial charge in [0.1, 0.15) is 5.76 Å². The SMILES string of the molecule is CCCNC(C1=CCCCO1)c1cc(C)nnc1CC. The maximum atomic E-state index is 5.88. The smallest absolute Gasteiger partial charge is 0.113 e. The van der Waals surface area contributed by atoms with Gasteiger partial charge in [-0.25, -0.2) is 0 Å². The lowest BCUT2D eigenvalue weighted by Crippen LogP contribution is -2.27. The van der Waals surface area contributed by atoms with Crippen molar-refractivity contribution in [3.8, 4) is 0 Å². The van der Waals surface area contributed by atoms with E-state index in [1.165, 1.54) is 5.56 Å². The quantitative estimate of drug-likeness (QED) is 0.866. The molecule has 1 aliphatic rings.